The Labute approximate surface area is 125 Å². The van der Waals surface area contributed by atoms with E-state index in [1.54, 1.807) is 4.90 Å². The van der Waals surface area contributed by atoms with Gasteiger partial charge in [0.2, 0.25) is 0 Å². The van der Waals surface area contributed by atoms with E-state index in [1.807, 2.05) is 0 Å². The molecule has 2 aliphatic rings. The summed E-state index contributed by atoms with van der Waals surface area (Å²) in [5.41, 5.74) is -0.0682. The SMILES string of the molecule is CCCNCC1(CN(CC(F)(F)F)C2CC2)CCOCC1. The summed E-state index contributed by atoms with van der Waals surface area (Å²) in [6.07, 6.45) is 0.457. The molecule has 1 heterocycles. The van der Waals surface area contributed by atoms with Gasteiger partial charge in [0.25, 0.3) is 0 Å². The molecule has 0 spiro atoms. The summed E-state index contributed by atoms with van der Waals surface area (Å²) in [7, 11) is 0. The molecule has 1 saturated heterocycles. The van der Waals surface area contributed by atoms with Crippen LogP contribution < -0.4 is 5.32 Å². The van der Waals surface area contributed by atoms with Crippen LogP contribution in [0.4, 0.5) is 13.2 Å². The first-order valence-electron chi connectivity index (χ1n) is 8.03. The van der Waals surface area contributed by atoms with Crippen LogP contribution in [0.15, 0.2) is 0 Å². The molecule has 21 heavy (non-hydrogen) atoms. The summed E-state index contributed by atoms with van der Waals surface area (Å²) in [5, 5.41) is 3.41. The van der Waals surface area contributed by atoms with Crippen LogP contribution in [-0.2, 0) is 4.74 Å². The Hall–Kier alpha value is -0.330. The number of hydrogen-bond donors (Lipinski definition) is 1. The van der Waals surface area contributed by atoms with E-state index < -0.39 is 12.7 Å². The van der Waals surface area contributed by atoms with Crippen molar-refractivity contribution in [1.29, 1.82) is 0 Å². The molecule has 1 aliphatic carbocycles. The highest BCUT2D eigenvalue weighted by Crippen LogP contribution is 2.37. The lowest BCUT2D eigenvalue weighted by atomic mass is 9.79. The average molecular weight is 308 g/mol. The van der Waals surface area contributed by atoms with E-state index in [9.17, 15) is 13.2 Å². The number of rotatable bonds is 8. The number of hydrogen-bond acceptors (Lipinski definition) is 3. The van der Waals surface area contributed by atoms with Gasteiger partial charge in [0, 0.05) is 32.3 Å². The van der Waals surface area contributed by atoms with Gasteiger partial charge in [-0.2, -0.15) is 13.2 Å². The van der Waals surface area contributed by atoms with Gasteiger partial charge in [-0.1, -0.05) is 6.92 Å². The highest BCUT2D eigenvalue weighted by atomic mass is 19.4. The van der Waals surface area contributed by atoms with Crippen molar-refractivity contribution in [3.8, 4) is 0 Å². The van der Waals surface area contributed by atoms with Crippen LogP contribution in [0.3, 0.4) is 0 Å². The number of ether oxygens (including phenoxy) is 1. The third kappa shape index (κ3) is 5.75. The molecule has 0 aromatic carbocycles. The zero-order valence-corrected chi connectivity index (χ0v) is 12.8. The maximum atomic E-state index is 12.8. The van der Waals surface area contributed by atoms with Gasteiger partial charge in [-0.3, -0.25) is 4.90 Å². The number of nitrogens with zero attached hydrogens (tertiary/aromatic N) is 1. The predicted molar refractivity (Wildman–Crippen MR) is 76.3 cm³/mol. The van der Waals surface area contributed by atoms with Gasteiger partial charge in [-0.15, -0.1) is 0 Å². The second-order valence-electron chi connectivity index (χ2n) is 6.54. The van der Waals surface area contributed by atoms with Crippen molar-refractivity contribution >= 4 is 0 Å². The summed E-state index contributed by atoms with van der Waals surface area (Å²) >= 11 is 0. The van der Waals surface area contributed by atoms with Crippen LogP contribution in [0.5, 0.6) is 0 Å². The van der Waals surface area contributed by atoms with Crippen LogP contribution >= 0.6 is 0 Å². The average Bonchev–Trinajstić information content (AvgIpc) is 3.22. The molecule has 0 radical (unpaired) electrons. The Morgan fingerprint density at radius 1 is 1.24 bits per heavy atom. The fourth-order valence-corrected chi connectivity index (χ4v) is 3.14. The molecule has 2 fully saturated rings. The maximum Gasteiger partial charge on any atom is 0.401 e. The summed E-state index contributed by atoms with van der Waals surface area (Å²) in [6, 6.07) is 0.137. The number of nitrogens with one attached hydrogen (secondary N) is 1. The molecule has 0 unspecified atom stereocenters. The van der Waals surface area contributed by atoms with Crippen LogP contribution in [0.2, 0.25) is 0 Å². The minimum absolute atomic E-state index is 0.0682. The third-order valence-corrected chi connectivity index (χ3v) is 4.46. The first kappa shape index (κ1) is 17.0. The second kappa shape index (κ2) is 7.29. The lowest BCUT2D eigenvalue weighted by Gasteiger charge is -2.41. The summed E-state index contributed by atoms with van der Waals surface area (Å²) in [6.45, 7) is 4.92. The Kier molecular flexibility index (Phi) is 5.91. The number of halogens is 3. The van der Waals surface area contributed by atoms with Crippen LogP contribution in [-0.4, -0.2) is 56.5 Å². The molecule has 1 aliphatic heterocycles. The molecule has 0 aromatic heterocycles. The zero-order valence-electron chi connectivity index (χ0n) is 12.8. The van der Waals surface area contributed by atoms with E-state index in [0.717, 1.165) is 45.2 Å². The Morgan fingerprint density at radius 2 is 1.90 bits per heavy atom. The van der Waals surface area contributed by atoms with Crippen molar-refractivity contribution in [3.63, 3.8) is 0 Å². The van der Waals surface area contributed by atoms with Gasteiger partial charge < -0.3 is 10.1 Å². The molecule has 3 nitrogen and oxygen atoms in total. The maximum absolute atomic E-state index is 12.8. The molecule has 1 N–H and O–H groups in total. The van der Waals surface area contributed by atoms with Gasteiger partial charge in [-0.25, -0.2) is 0 Å². The van der Waals surface area contributed by atoms with E-state index in [-0.39, 0.29) is 11.5 Å². The molecule has 124 valence electrons. The Balaban J connectivity index is 1.97. The Bertz CT molecular complexity index is 313. The van der Waals surface area contributed by atoms with Gasteiger partial charge in [0.05, 0.1) is 6.54 Å². The highest BCUT2D eigenvalue weighted by molar-refractivity contribution is 4.93. The molecular weight excluding hydrogens is 281 g/mol. The van der Waals surface area contributed by atoms with Crippen LogP contribution in [0.1, 0.15) is 39.0 Å². The first-order valence-corrected chi connectivity index (χ1v) is 8.03. The van der Waals surface area contributed by atoms with E-state index in [2.05, 4.69) is 12.2 Å². The quantitative estimate of drug-likeness (QED) is 0.698. The first-order chi connectivity index (χ1) is 9.94. The smallest absolute Gasteiger partial charge is 0.381 e. The summed E-state index contributed by atoms with van der Waals surface area (Å²) < 4.78 is 43.8. The molecule has 0 amide bonds. The van der Waals surface area contributed by atoms with Crippen molar-refractivity contribution in [2.24, 2.45) is 5.41 Å². The molecular formula is C15H27F3N2O. The largest absolute Gasteiger partial charge is 0.401 e. The van der Waals surface area contributed by atoms with Crippen LogP contribution in [0.25, 0.3) is 0 Å². The topological polar surface area (TPSA) is 24.5 Å². The minimum atomic E-state index is -4.11. The number of alkyl halides is 3. The van der Waals surface area contributed by atoms with E-state index in [4.69, 9.17) is 4.74 Å². The summed E-state index contributed by atoms with van der Waals surface area (Å²) in [5.74, 6) is 0. The van der Waals surface area contributed by atoms with Crippen molar-refractivity contribution in [3.05, 3.63) is 0 Å². The fourth-order valence-electron chi connectivity index (χ4n) is 3.14. The lowest BCUT2D eigenvalue weighted by molar-refractivity contribution is -0.152. The fraction of sp³-hybridized carbons (Fsp3) is 1.00. The standard InChI is InChI=1S/C15H27F3N2O/c1-2-7-19-10-14(5-8-21-9-6-14)11-20(13-3-4-13)12-15(16,17)18/h13,19H,2-12H2,1H3. The second-order valence-corrected chi connectivity index (χ2v) is 6.54. The van der Waals surface area contributed by atoms with Gasteiger partial charge in [-0.05, 0) is 44.1 Å². The van der Waals surface area contributed by atoms with Crippen LogP contribution in [0, 0.1) is 5.41 Å². The Morgan fingerprint density at radius 3 is 2.43 bits per heavy atom. The van der Waals surface area contributed by atoms with E-state index in [0.29, 0.717) is 19.8 Å². The monoisotopic (exact) mass is 308 g/mol. The van der Waals surface area contributed by atoms with Gasteiger partial charge in [0.1, 0.15) is 0 Å². The normalized spacial score (nSPS) is 22.7. The zero-order chi connectivity index (χ0) is 15.3. The molecule has 0 aromatic rings. The van der Waals surface area contributed by atoms with E-state index in [1.165, 1.54) is 0 Å². The molecule has 0 bridgehead atoms. The lowest BCUT2D eigenvalue weighted by Crippen LogP contribution is -2.50. The van der Waals surface area contributed by atoms with Gasteiger partial charge >= 0.3 is 6.18 Å². The predicted octanol–water partition coefficient (Wildman–Crippen LogP) is 2.81. The van der Waals surface area contributed by atoms with Crippen molar-refractivity contribution < 1.29 is 17.9 Å². The molecule has 6 heteroatoms. The van der Waals surface area contributed by atoms with Gasteiger partial charge in [0.15, 0.2) is 0 Å². The van der Waals surface area contributed by atoms with Crippen molar-refractivity contribution in [2.45, 2.75) is 51.2 Å². The minimum Gasteiger partial charge on any atom is -0.381 e. The summed E-state index contributed by atoms with van der Waals surface area (Å²) in [4.78, 5) is 1.67. The van der Waals surface area contributed by atoms with E-state index >= 15 is 0 Å². The molecule has 0 atom stereocenters. The third-order valence-electron chi connectivity index (χ3n) is 4.46. The highest BCUT2D eigenvalue weighted by Gasteiger charge is 2.43. The van der Waals surface area contributed by atoms with Crippen molar-refractivity contribution in [2.75, 3.05) is 39.4 Å². The molecule has 2 rings (SSSR count). The molecule has 1 saturated carbocycles. The van der Waals surface area contributed by atoms with Crippen molar-refractivity contribution in [1.82, 2.24) is 10.2 Å².